The van der Waals surface area contributed by atoms with E-state index in [1.165, 1.54) is 0 Å². The lowest BCUT2D eigenvalue weighted by molar-refractivity contribution is -0.122. The van der Waals surface area contributed by atoms with Crippen molar-refractivity contribution in [1.82, 2.24) is 0 Å². The third-order valence-electron chi connectivity index (χ3n) is 3.26. The molecule has 0 saturated heterocycles. The van der Waals surface area contributed by atoms with Crippen LogP contribution in [-0.4, -0.2) is 12.0 Å². The van der Waals surface area contributed by atoms with Crippen LogP contribution in [0.1, 0.15) is 18.1 Å². The first kappa shape index (κ1) is 16.7. The quantitative estimate of drug-likeness (QED) is 0.850. The molecule has 2 rings (SSSR count). The van der Waals surface area contributed by atoms with Crippen LogP contribution in [0, 0.1) is 13.8 Å². The molecule has 0 aromatic heterocycles. The first-order valence-corrected chi connectivity index (χ1v) is 7.62. The fourth-order valence-corrected chi connectivity index (χ4v) is 2.44. The maximum Gasteiger partial charge on any atom is 0.265 e. The smallest absolute Gasteiger partial charge is 0.265 e. The number of amides is 1. The number of aryl methyl sites for hydroxylation is 2. The Balaban J connectivity index is 2.05. The van der Waals surface area contributed by atoms with Gasteiger partial charge in [-0.15, -0.1) is 0 Å². The number of rotatable bonds is 4. The maximum atomic E-state index is 12.2. The molecule has 1 amide bonds. The zero-order chi connectivity index (χ0) is 16.3. The molecule has 0 spiro atoms. The van der Waals surface area contributed by atoms with Gasteiger partial charge in [0.2, 0.25) is 0 Å². The molecule has 2 aromatic carbocycles. The van der Waals surface area contributed by atoms with Gasteiger partial charge in [0.15, 0.2) is 6.10 Å². The van der Waals surface area contributed by atoms with Crippen molar-refractivity contribution < 1.29 is 9.53 Å². The van der Waals surface area contributed by atoms with Gasteiger partial charge in [-0.1, -0.05) is 23.2 Å². The van der Waals surface area contributed by atoms with E-state index in [4.69, 9.17) is 27.9 Å². The number of anilines is 1. The highest BCUT2D eigenvalue weighted by Gasteiger charge is 2.16. The standard InChI is InChI=1S/C17H17Cl2NO2/c1-10-8-13(18)4-6-15(10)20-17(21)12(3)22-16-7-5-14(19)9-11(16)2/h4-9,12H,1-3H3,(H,20,21)/t12-/m0/s1. The summed E-state index contributed by atoms with van der Waals surface area (Å²) in [6, 6.07) is 10.6. The summed E-state index contributed by atoms with van der Waals surface area (Å²) in [5.41, 5.74) is 2.50. The molecule has 0 aliphatic carbocycles. The first-order valence-electron chi connectivity index (χ1n) is 6.86. The normalized spacial score (nSPS) is 11.9. The van der Waals surface area contributed by atoms with Crippen molar-refractivity contribution >= 4 is 34.8 Å². The molecule has 0 bridgehead atoms. The second-order valence-corrected chi connectivity index (χ2v) is 5.99. The van der Waals surface area contributed by atoms with Crippen LogP contribution in [0.25, 0.3) is 0 Å². The monoisotopic (exact) mass is 337 g/mol. The number of ether oxygens (including phenoxy) is 1. The topological polar surface area (TPSA) is 38.3 Å². The summed E-state index contributed by atoms with van der Waals surface area (Å²) in [4.78, 5) is 12.2. The van der Waals surface area contributed by atoms with Gasteiger partial charge in [-0.2, -0.15) is 0 Å². The van der Waals surface area contributed by atoms with E-state index in [1.54, 1.807) is 43.3 Å². The number of hydrogen-bond acceptors (Lipinski definition) is 2. The molecule has 5 heteroatoms. The van der Waals surface area contributed by atoms with E-state index in [1.807, 2.05) is 13.8 Å². The SMILES string of the molecule is Cc1cc(Cl)ccc1NC(=O)[C@H](C)Oc1ccc(Cl)cc1C. The molecule has 3 nitrogen and oxygen atoms in total. The Labute approximate surface area is 140 Å². The molecule has 22 heavy (non-hydrogen) atoms. The minimum absolute atomic E-state index is 0.222. The molecule has 1 atom stereocenters. The Morgan fingerprint density at radius 2 is 1.64 bits per heavy atom. The molecular weight excluding hydrogens is 321 g/mol. The van der Waals surface area contributed by atoms with Crippen LogP contribution in [0.5, 0.6) is 5.75 Å². The fourth-order valence-electron chi connectivity index (χ4n) is 1.99. The van der Waals surface area contributed by atoms with Gasteiger partial charge in [0, 0.05) is 15.7 Å². The highest BCUT2D eigenvalue weighted by atomic mass is 35.5. The van der Waals surface area contributed by atoms with Gasteiger partial charge in [0.05, 0.1) is 0 Å². The Bertz CT molecular complexity index is 701. The lowest BCUT2D eigenvalue weighted by atomic mass is 10.2. The van der Waals surface area contributed by atoms with Crippen LogP contribution >= 0.6 is 23.2 Å². The van der Waals surface area contributed by atoms with Crippen molar-refractivity contribution in [1.29, 1.82) is 0 Å². The van der Waals surface area contributed by atoms with Crippen LogP contribution in [0.15, 0.2) is 36.4 Å². The average Bonchev–Trinajstić information content (AvgIpc) is 2.44. The molecule has 0 heterocycles. The Kier molecular flexibility index (Phi) is 5.33. The summed E-state index contributed by atoms with van der Waals surface area (Å²) < 4.78 is 5.70. The average molecular weight is 338 g/mol. The van der Waals surface area contributed by atoms with Gasteiger partial charge >= 0.3 is 0 Å². The lowest BCUT2D eigenvalue weighted by Crippen LogP contribution is -2.30. The third kappa shape index (κ3) is 4.15. The molecule has 2 aromatic rings. The molecule has 0 aliphatic rings. The Hall–Kier alpha value is -1.71. The summed E-state index contributed by atoms with van der Waals surface area (Å²) in [7, 11) is 0. The number of nitrogens with one attached hydrogen (secondary N) is 1. The van der Waals surface area contributed by atoms with E-state index in [9.17, 15) is 4.79 Å². The summed E-state index contributed by atoms with van der Waals surface area (Å²) in [6.07, 6.45) is -0.630. The molecule has 0 radical (unpaired) electrons. The van der Waals surface area contributed by atoms with E-state index in [2.05, 4.69) is 5.32 Å². The number of benzene rings is 2. The minimum Gasteiger partial charge on any atom is -0.481 e. The zero-order valence-electron chi connectivity index (χ0n) is 12.6. The van der Waals surface area contributed by atoms with Crippen molar-refractivity contribution in [3.05, 3.63) is 57.6 Å². The minimum atomic E-state index is -0.630. The molecular formula is C17H17Cl2NO2. The third-order valence-corrected chi connectivity index (χ3v) is 3.73. The van der Waals surface area contributed by atoms with Crippen LogP contribution < -0.4 is 10.1 Å². The Morgan fingerprint density at radius 3 is 2.23 bits per heavy atom. The number of carbonyl (C=O) groups is 1. The van der Waals surface area contributed by atoms with E-state index in [0.717, 1.165) is 16.8 Å². The van der Waals surface area contributed by atoms with Crippen molar-refractivity contribution in [2.24, 2.45) is 0 Å². The van der Waals surface area contributed by atoms with Gasteiger partial charge in [0.1, 0.15) is 5.75 Å². The Morgan fingerprint density at radius 1 is 1.05 bits per heavy atom. The molecule has 0 aliphatic heterocycles. The van der Waals surface area contributed by atoms with Crippen LogP contribution in [0.3, 0.4) is 0 Å². The van der Waals surface area contributed by atoms with Gasteiger partial charge in [-0.05, 0) is 68.3 Å². The van der Waals surface area contributed by atoms with Crippen molar-refractivity contribution in [2.45, 2.75) is 26.9 Å². The largest absolute Gasteiger partial charge is 0.481 e. The van der Waals surface area contributed by atoms with Crippen LogP contribution in [-0.2, 0) is 4.79 Å². The highest BCUT2D eigenvalue weighted by molar-refractivity contribution is 6.31. The second kappa shape index (κ2) is 7.03. The van der Waals surface area contributed by atoms with Crippen molar-refractivity contribution in [3.63, 3.8) is 0 Å². The van der Waals surface area contributed by atoms with E-state index in [-0.39, 0.29) is 5.91 Å². The second-order valence-electron chi connectivity index (χ2n) is 5.12. The van der Waals surface area contributed by atoms with Crippen LogP contribution in [0.4, 0.5) is 5.69 Å². The molecule has 0 unspecified atom stereocenters. The fraction of sp³-hybridized carbons (Fsp3) is 0.235. The summed E-state index contributed by atoms with van der Waals surface area (Å²) >= 11 is 11.8. The molecule has 0 saturated carbocycles. The van der Waals surface area contributed by atoms with Gasteiger partial charge in [0.25, 0.3) is 5.91 Å². The van der Waals surface area contributed by atoms with E-state index < -0.39 is 6.10 Å². The van der Waals surface area contributed by atoms with Gasteiger partial charge < -0.3 is 10.1 Å². The number of hydrogen-bond donors (Lipinski definition) is 1. The molecule has 116 valence electrons. The molecule has 1 N–H and O–H groups in total. The summed E-state index contributed by atoms with van der Waals surface area (Å²) in [6.45, 7) is 5.47. The number of halogens is 2. The van der Waals surface area contributed by atoms with E-state index >= 15 is 0 Å². The lowest BCUT2D eigenvalue weighted by Gasteiger charge is -2.17. The van der Waals surface area contributed by atoms with Gasteiger partial charge in [-0.25, -0.2) is 0 Å². The number of carbonyl (C=O) groups excluding carboxylic acids is 1. The highest BCUT2D eigenvalue weighted by Crippen LogP contribution is 2.24. The van der Waals surface area contributed by atoms with Crippen molar-refractivity contribution in [3.8, 4) is 5.75 Å². The first-order chi connectivity index (χ1) is 10.4. The zero-order valence-corrected chi connectivity index (χ0v) is 14.1. The van der Waals surface area contributed by atoms with Crippen molar-refractivity contribution in [2.75, 3.05) is 5.32 Å². The van der Waals surface area contributed by atoms with E-state index in [0.29, 0.717) is 15.8 Å². The molecule has 0 fully saturated rings. The predicted octanol–water partition coefficient (Wildman–Crippen LogP) is 5.02. The summed E-state index contributed by atoms with van der Waals surface area (Å²) in [5, 5.41) is 4.11. The van der Waals surface area contributed by atoms with Crippen LogP contribution in [0.2, 0.25) is 10.0 Å². The van der Waals surface area contributed by atoms with Gasteiger partial charge in [-0.3, -0.25) is 4.79 Å². The predicted molar refractivity (Wildman–Crippen MR) is 91.1 cm³/mol. The maximum absolute atomic E-state index is 12.2. The summed E-state index contributed by atoms with van der Waals surface area (Å²) in [5.74, 6) is 0.416.